The number of alkyl halides is 3. The summed E-state index contributed by atoms with van der Waals surface area (Å²) in [6, 6.07) is 18.7. The molecule has 54 heavy (non-hydrogen) atoms. The van der Waals surface area contributed by atoms with Crippen LogP contribution in [0.4, 0.5) is 13.2 Å². The number of nitrogens with zero attached hydrogens (tertiary/aromatic N) is 2. The van der Waals surface area contributed by atoms with E-state index in [2.05, 4.69) is 31.0 Å². The predicted octanol–water partition coefficient (Wildman–Crippen LogP) is 6.64. The number of pyridine rings is 1. The second kappa shape index (κ2) is 15.8. The molecule has 2 aliphatic heterocycles. The molecule has 10 nitrogen and oxygen atoms in total. The predicted molar refractivity (Wildman–Crippen MR) is 200 cm³/mol. The minimum absolute atomic E-state index is 0.0316. The van der Waals surface area contributed by atoms with Crippen LogP contribution in [0.3, 0.4) is 0 Å². The van der Waals surface area contributed by atoms with Gasteiger partial charge in [-0.15, -0.1) is 13.2 Å². The van der Waals surface area contributed by atoms with Gasteiger partial charge in [0.15, 0.2) is 0 Å². The molecule has 15 heteroatoms. The standard InChI is InChI=1S/C39H35Cl2F3N6O4/c40-36-28(22-7-8-24(32(15-22)54-39(42,43)44)17-45-20-26-9-11-34(51)48-26)3-1-5-30(36)31-6-2-4-29(37(31)41)23-13-14-50-33(16-23)47-19-25(38(50)53)18-46-21-27-10-12-35(52)49-27/h1-8,13-16,19,26-27,45-46H,9-12,17-18,20-21H2,(H,48,51)(H,49,52)/t26-,27+/m1/s1. The first-order chi connectivity index (χ1) is 25.9. The number of carbonyl (C=O) groups excluding carboxylic acids is 2. The average Bonchev–Trinajstić information content (AvgIpc) is 3.76. The molecule has 4 heterocycles. The second-order valence-electron chi connectivity index (χ2n) is 13.3. The van der Waals surface area contributed by atoms with Crippen molar-refractivity contribution in [3.63, 3.8) is 0 Å². The van der Waals surface area contributed by atoms with Gasteiger partial charge in [0.05, 0.1) is 10.0 Å². The number of hydrogen-bond donors (Lipinski definition) is 4. The molecule has 4 N–H and O–H groups in total. The van der Waals surface area contributed by atoms with E-state index in [4.69, 9.17) is 23.2 Å². The van der Waals surface area contributed by atoms with Gasteiger partial charge in [0.2, 0.25) is 11.8 Å². The first-order valence-corrected chi connectivity index (χ1v) is 18.2. The van der Waals surface area contributed by atoms with Crippen LogP contribution >= 0.6 is 23.2 Å². The van der Waals surface area contributed by atoms with E-state index in [1.54, 1.807) is 54.7 Å². The molecule has 0 bridgehead atoms. The average molecular weight is 780 g/mol. The van der Waals surface area contributed by atoms with Crippen LogP contribution in [-0.4, -0.2) is 52.7 Å². The smallest absolute Gasteiger partial charge is 0.405 e. The van der Waals surface area contributed by atoms with Crippen molar-refractivity contribution < 1.29 is 27.5 Å². The topological polar surface area (TPSA) is 126 Å². The fraction of sp³-hybridized carbons (Fsp3) is 0.282. The number of nitrogens with one attached hydrogen (secondary N) is 4. The molecule has 7 rings (SSSR count). The third kappa shape index (κ3) is 8.39. The van der Waals surface area contributed by atoms with Crippen molar-refractivity contribution in [1.29, 1.82) is 0 Å². The van der Waals surface area contributed by atoms with E-state index < -0.39 is 6.36 Å². The summed E-state index contributed by atoms with van der Waals surface area (Å²) in [5.74, 6) is -0.379. The van der Waals surface area contributed by atoms with Crippen LogP contribution in [0.5, 0.6) is 5.75 Å². The Morgan fingerprint density at radius 1 is 0.759 bits per heavy atom. The Bertz CT molecular complexity index is 2300. The van der Waals surface area contributed by atoms with Crippen molar-refractivity contribution in [3.05, 3.63) is 111 Å². The molecule has 2 aromatic heterocycles. The SMILES string of the molecule is O=C1CC[C@H](CNCc2ccc(-c3cccc(-c4cccc(-c5ccn6c(=O)c(CNC[C@@H]7CCC(=O)N7)cnc6c5)c4Cl)c3Cl)cc2OC(F)(F)F)N1. The van der Waals surface area contributed by atoms with Crippen molar-refractivity contribution in [2.75, 3.05) is 13.1 Å². The maximum absolute atomic E-state index is 13.5. The minimum Gasteiger partial charge on any atom is -0.405 e. The van der Waals surface area contributed by atoms with Crippen molar-refractivity contribution in [2.45, 2.75) is 57.2 Å². The number of halogens is 5. The van der Waals surface area contributed by atoms with Gasteiger partial charge in [-0.2, -0.15) is 0 Å². The molecule has 0 aliphatic carbocycles. The monoisotopic (exact) mass is 778 g/mol. The van der Waals surface area contributed by atoms with Gasteiger partial charge in [-0.25, -0.2) is 4.98 Å². The highest BCUT2D eigenvalue weighted by Gasteiger charge is 2.32. The summed E-state index contributed by atoms with van der Waals surface area (Å²) in [7, 11) is 0. The lowest BCUT2D eigenvalue weighted by molar-refractivity contribution is -0.274. The molecule has 2 aliphatic rings. The van der Waals surface area contributed by atoms with Crippen LogP contribution in [0.1, 0.15) is 36.8 Å². The molecule has 3 aromatic carbocycles. The molecule has 0 radical (unpaired) electrons. The van der Waals surface area contributed by atoms with Crippen LogP contribution in [0, 0.1) is 0 Å². The first kappa shape index (κ1) is 37.4. The third-order valence-electron chi connectivity index (χ3n) is 9.57. The van der Waals surface area contributed by atoms with Crippen LogP contribution in [0.2, 0.25) is 10.0 Å². The second-order valence-corrected chi connectivity index (χ2v) is 14.1. The summed E-state index contributed by atoms with van der Waals surface area (Å²) in [6.45, 7) is 1.35. The van der Waals surface area contributed by atoms with E-state index in [0.29, 0.717) is 94.1 Å². The molecule has 2 saturated heterocycles. The summed E-state index contributed by atoms with van der Waals surface area (Å²) in [5, 5.41) is 12.7. The highest BCUT2D eigenvalue weighted by atomic mass is 35.5. The summed E-state index contributed by atoms with van der Waals surface area (Å²) in [5.41, 5.74) is 4.39. The quantitative estimate of drug-likeness (QED) is 0.112. The summed E-state index contributed by atoms with van der Waals surface area (Å²) in [6.07, 6.45) is 0.597. The lowest BCUT2D eigenvalue weighted by atomic mass is 9.95. The highest BCUT2D eigenvalue weighted by Crippen LogP contribution is 2.43. The van der Waals surface area contributed by atoms with Gasteiger partial charge in [-0.3, -0.25) is 18.8 Å². The van der Waals surface area contributed by atoms with E-state index in [-0.39, 0.29) is 46.8 Å². The molecule has 5 aromatic rings. The van der Waals surface area contributed by atoms with Gasteiger partial charge < -0.3 is 26.0 Å². The van der Waals surface area contributed by atoms with E-state index in [9.17, 15) is 27.6 Å². The number of benzene rings is 3. The lowest BCUT2D eigenvalue weighted by Crippen LogP contribution is -2.36. The lowest BCUT2D eigenvalue weighted by Gasteiger charge is -2.18. The Hall–Kier alpha value is -4.95. The van der Waals surface area contributed by atoms with Crippen LogP contribution in [0.15, 0.2) is 83.9 Å². The minimum atomic E-state index is -4.92. The molecule has 0 spiro atoms. The molecule has 2 atom stereocenters. The number of rotatable bonds is 12. The number of carbonyl (C=O) groups is 2. The molecule has 2 amide bonds. The van der Waals surface area contributed by atoms with Crippen LogP contribution < -0.4 is 31.6 Å². The Labute approximate surface area is 318 Å². The Balaban J connectivity index is 1.13. The zero-order chi connectivity index (χ0) is 38.0. The first-order valence-electron chi connectivity index (χ1n) is 17.4. The molecule has 2 fully saturated rings. The number of fused-ring (bicyclic) bond motifs is 1. The highest BCUT2D eigenvalue weighted by molar-refractivity contribution is 6.39. The Morgan fingerprint density at radius 3 is 1.87 bits per heavy atom. The Kier molecular flexibility index (Phi) is 10.9. The van der Waals surface area contributed by atoms with Gasteiger partial charge in [-0.1, -0.05) is 71.7 Å². The summed E-state index contributed by atoms with van der Waals surface area (Å²) in [4.78, 5) is 40.8. The van der Waals surface area contributed by atoms with Crippen LogP contribution in [-0.2, 0) is 22.7 Å². The van der Waals surface area contributed by atoms with Gasteiger partial charge in [0.25, 0.3) is 5.56 Å². The molecule has 0 unspecified atom stereocenters. The van der Waals surface area contributed by atoms with Crippen molar-refractivity contribution in [1.82, 2.24) is 30.7 Å². The summed E-state index contributed by atoms with van der Waals surface area (Å²) >= 11 is 14.0. The molecular weight excluding hydrogens is 744 g/mol. The number of amides is 2. The maximum atomic E-state index is 13.5. The van der Waals surface area contributed by atoms with Gasteiger partial charge in [-0.05, 0) is 42.2 Å². The largest absolute Gasteiger partial charge is 0.573 e. The van der Waals surface area contributed by atoms with Gasteiger partial charge in [0, 0.05) is 96.9 Å². The maximum Gasteiger partial charge on any atom is 0.573 e. The third-order valence-corrected chi connectivity index (χ3v) is 10.4. The zero-order valence-corrected chi connectivity index (χ0v) is 30.2. The van der Waals surface area contributed by atoms with Gasteiger partial charge in [0.1, 0.15) is 11.4 Å². The van der Waals surface area contributed by atoms with Crippen molar-refractivity contribution >= 4 is 40.7 Å². The number of ether oxygens (including phenoxy) is 1. The van der Waals surface area contributed by atoms with E-state index in [0.717, 1.165) is 6.42 Å². The fourth-order valence-corrected chi connectivity index (χ4v) is 7.51. The van der Waals surface area contributed by atoms with Crippen molar-refractivity contribution in [3.8, 4) is 39.1 Å². The number of aromatic nitrogens is 2. The number of hydrogen-bond acceptors (Lipinski definition) is 7. The van der Waals surface area contributed by atoms with Crippen LogP contribution in [0.25, 0.3) is 39.0 Å². The molecule has 280 valence electrons. The molecular formula is C39H35Cl2F3N6O4. The fourth-order valence-electron chi connectivity index (χ4n) is 6.84. The Morgan fingerprint density at radius 2 is 1.31 bits per heavy atom. The van der Waals surface area contributed by atoms with E-state index in [1.807, 2.05) is 12.1 Å². The van der Waals surface area contributed by atoms with Crippen molar-refractivity contribution in [2.24, 2.45) is 0 Å². The normalized spacial score (nSPS) is 17.2. The molecule has 0 saturated carbocycles. The van der Waals surface area contributed by atoms with Gasteiger partial charge >= 0.3 is 6.36 Å². The van der Waals surface area contributed by atoms with E-state index in [1.165, 1.54) is 16.7 Å². The van der Waals surface area contributed by atoms with E-state index >= 15 is 0 Å². The summed E-state index contributed by atoms with van der Waals surface area (Å²) < 4.78 is 46.4. The zero-order valence-electron chi connectivity index (χ0n) is 28.7.